The van der Waals surface area contributed by atoms with E-state index in [1.807, 2.05) is 0 Å². The first-order chi connectivity index (χ1) is 16.5. The average molecular weight is 573 g/mol. The fourth-order valence-electron chi connectivity index (χ4n) is 3.92. The number of carbonyl (C=O) groups is 1. The number of sulfonamides is 2. The Morgan fingerprint density at radius 1 is 1.22 bits per heavy atom. The third-order valence-corrected chi connectivity index (χ3v) is 8.68. The number of anilines is 1. The van der Waals surface area contributed by atoms with Gasteiger partial charge >= 0.3 is 0 Å². The van der Waals surface area contributed by atoms with Crippen molar-refractivity contribution in [2.24, 2.45) is 10.6 Å². The second-order valence-electron chi connectivity index (χ2n) is 8.48. The molecule has 1 fully saturated rings. The van der Waals surface area contributed by atoms with Crippen LogP contribution in [0.4, 0.5) is 5.69 Å². The predicted molar refractivity (Wildman–Crippen MR) is 119 cm³/mol. The van der Waals surface area contributed by atoms with Crippen molar-refractivity contribution in [3.05, 3.63) is 37.4 Å². The van der Waals surface area contributed by atoms with Crippen molar-refractivity contribution in [3.63, 3.8) is 0 Å². The number of piperidine rings is 1. The van der Waals surface area contributed by atoms with Crippen molar-refractivity contribution < 1.29 is 41.5 Å². The smallest absolute Gasteiger partial charge is 0.294 e. The van der Waals surface area contributed by atoms with Crippen LogP contribution in [-0.2, 0) is 34.5 Å². The normalized spacial score (nSPS) is 18.6. The Balaban J connectivity index is 1.82. The van der Waals surface area contributed by atoms with Crippen molar-refractivity contribution in [1.82, 2.24) is 9.62 Å². The average Bonchev–Trinajstić information content (AvgIpc) is 2.74. The van der Waals surface area contributed by atoms with Crippen LogP contribution in [0, 0.1) is 25.6 Å². The highest BCUT2D eigenvalue weighted by Crippen LogP contribution is 2.39. The van der Waals surface area contributed by atoms with Crippen LogP contribution in [0.15, 0.2) is 21.9 Å². The van der Waals surface area contributed by atoms with E-state index in [2.05, 4.69) is 19.7 Å². The molecule has 4 N–H and O–H groups in total. The first-order valence-electron chi connectivity index (χ1n) is 10.0. The molecule has 1 amide bonds. The molecule has 0 atom stereocenters. The number of likely N-dealkylation sites (tertiary alicyclic amines) is 1. The minimum Gasteiger partial charge on any atom is -0.365 e. The molecule has 0 aromatic heterocycles. The van der Waals surface area contributed by atoms with Crippen LogP contribution in [0.2, 0.25) is 5.02 Å². The first-order valence-corrected chi connectivity index (χ1v) is 13.4. The number of nitrogens with zero attached hydrogens (tertiary/aromatic N) is 3. The second kappa shape index (κ2) is 9.47. The summed E-state index contributed by atoms with van der Waals surface area (Å²) in [5.41, 5.74) is -3.04. The Labute approximate surface area is 209 Å². The molecule has 17 nitrogen and oxygen atoms in total. The molecule has 2 aliphatic heterocycles. The van der Waals surface area contributed by atoms with E-state index in [-0.39, 0.29) is 41.5 Å². The van der Waals surface area contributed by atoms with Crippen LogP contribution >= 0.6 is 11.6 Å². The summed E-state index contributed by atoms with van der Waals surface area (Å²) in [5, 5.41) is 26.7. The zero-order valence-electron chi connectivity index (χ0n) is 18.5. The molecular formula is C16H21ClN6O11S2. The van der Waals surface area contributed by atoms with E-state index >= 15 is 0 Å². The largest absolute Gasteiger partial charge is 0.365 e. The molecule has 1 spiro atoms. The lowest BCUT2D eigenvalue weighted by atomic mass is 9.88. The van der Waals surface area contributed by atoms with Gasteiger partial charge in [0.25, 0.3) is 10.2 Å². The van der Waals surface area contributed by atoms with Gasteiger partial charge in [-0.2, -0.15) is 4.72 Å². The molecule has 0 saturated carbocycles. The van der Waals surface area contributed by atoms with Gasteiger partial charge in [-0.05, 0) is 19.1 Å². The number of hydrogen-bond donors (Lipinski definition) is 3. The highest BCUT2D eigenvalue weighted by molar-refractivity contribution is 7.90. The minimum absolute atomic E-state index is 0.00817. The Hall–Kier alpha value is -3.00. The van der Waals surface area contributed by atoms with E-state index in [9.17, 15) is 41.9 Å². The lowest BCUT2D eigenvalue weighted by Crippen LogP contribution is -2.63. The van der Waals surface area contributed by atoms with Gasteiger partial charge in [-0.1, -0.05) is 11.6 Å². The van der Waals surface area contributed by atoms with Crippen molar-refractivity contribution >= 4 is 43.2 Å². The number of amides is 1. The van der Waals surface area contributed by atoms with Crippen LogP contribution in [0.5, 0.6) is 0 Å². The maximum absolute atomic E-state index is 13.1. The molecule has 1 saturated heterocycles. The predicted octanol–water partition coefficient (Wildman–Crippen LogP) is -0.567. The molecule has 0 bridgehead atoms. The molecule has 3 rings (SSSR count). The number of benzene rings is 1. The number of carbonyl (C=O) groups excluding carboxylic acids is 1. The summed E-state index contributed by atoms with van der Waals surface area (Å²) in [7, 11) is -8.54. The molecule has 200 valence electrons. The third-order valence-electron chi connectivity index (χ3n) is 5.73. The Morgan fingerprint density at radius 3 is 2.22 bits per heavy atom. The van der Waals surface area contributed by atoms with Gasteiger partial charge in [-0.3, -0.25) is 4.79 Å². The molecule has 0 radical (unpaired) electrons. The maximum Gasteiger partial charge on any atom is 0.294 e. The van der Waals surface area contributed by atoms with Crippen LogP contribution in [-0.4, -0.2) is 69.8 Å². The zero-order valence-corrected chi connectivity index (χ0v) is 20.9. The molecular weight excluding hydrogens is 552 g/mol. The number of fused-ring (bicyclic) bond motifs is 1. The Morgan fingerprint density at radius 2 is 1.75 bits per heavy atom. The van der Waals surface area contributed by atoms with Gasteiger partial charge in [0.1, 0.15) is 28.7 Å². The zero-order chi connectivity index (χ0) is 27.1. The molecule has 2 heterocycles. The number of primary sulfonamides is 1. The van der Waals surface area contributed by atoms with Gasteiger partial charge in [0.2, 0.25) is 26.0 Å². The van der Waals surface area contributed by atoms with Crippen LogP contribution in [0.1, 0.15) is 19.8 Å². The van der Waals surface area contributed by atoms with Crippen LogP contribution < -0.4 is 15.2 Å². The number of hydrogen-bond acceptors (Lipinski definition) is 12. The number of halogens is 1. The summed E-state index contributed by atoms with van der Waals surface area (Å²) >= 11 is 6.00. The van der Waals surface area contributed by atoms with Gasteiger partial charge < -0.3 is 19.9 Å². The fraction of sp³-hybridized carbons (Fsp3) is 0.562. The van der Waals surface area contributed by atoms with Gasteiger partial charge in [-0.25, -0.2) is 22.0 Å². The molecule has 0 aliphatic carbocycles. The topological polar surface area (TPSA) is 243 Å². The monoisotopic (exact) mass is 572 g/mol. The molecule has 1 aromatic carbocycles. The highest BCUT2D eigenvalue weighted by atomic mass is 35.5. The lowest BCUT2D eigenvalue weighted by Gasteiger charge is -2.46. The van der Waals surface area contributed by atoms with Crippen molar-refractivity contribution in [1.29, 1.82) is 0 Å². The maximum atomic E-state index is 13.1. The number of rotatable bonds is 8. The summed E-state index contributed by atoms with van der Waals surface area (Å²) in [5.74, 6) is -0.735. The fourth-order valence-corrected chi connectivity index (χ4v) is 6.65. The van der Waals surface area contributed by atoms with Gasteiger partial charge in [0.05, 0.1) is 16.1 Å². The van der Waals surface area contributed by atoms with Crippen molar-refractivity contribution in [2.75, 3.05) is 31.6 Å². The van der Waals surface area contributed by atoms with E-state index in [4.69, 9.17) is 16.7 Å². The third kappa shape index (κ3) is 5.69. The number of nitrogens with one attached hydrogen (secondary N) is 2. The SMILES string of the molecule is CC(CO[N+](=O)[O-])(CO[N+](=O)[O-])C(=O)N1CCC2(CC1)Nc1cc(Cl)c(S(N)(=O)=O)cc1S(=O)(=O)N2. The molecule has 36 heavy (non-hydrogen) atoms. The Kier molecular flexibility index (Phi) is 7.25. The van der Waals surface area contributed by atoms with Crippen molar-refractivity contribution in [2.45, 2.75) is 35.2 Å². The van der Waals surface area contributed by atoms with Crippen LogP contribution in [0.25, 0.3) is 0 Å². The standard InChI is InChI=1S/C16H21ClN6O11S2/c1-15(8-33-22(25)26,9-34-23(27)28)14(24)21-4-2-16(3-5-21)19-11-6-10(17)12(35(18,29)30)7-13(11)36(31,32)20-16/h6-7,19-20H,2-5,8-9H2,1H3,(H2,18,29,30). The van der Waals surface area contributed by atoms with Gasteiger partial charge in [0, 0.05) is 25.9 Å². The quantitative estimate of drug-likeness (QED) is 0.262. The summed E-state index contributed by atoms with van der Waals surface area (Å²) in [6.07, 6.45) is 0.0163. The summed E-state index contributed by atoms with van der Waals surface area (Å²) < 4.78 is 51.8. The summed E-state index contributed by atoms with van der Waals surface area (Å²) in [6.45, 7) is -0.525. The number of nitrogens with two attached hydrogens (primary N) is 1. The molecule has 2 aliphatic rings. The summed E-state index contributed by atoms with van der Waals surface area (Å²) in [4.78, 5) is 43.2. The second-order valence-corrected chi connectivity index (χ2v) is 12.1. The van der Waals surface area contributed by atoms with Gasteiger partial charge in [0.15, 0.2) is 0 Å². The first kappa shape index (κ1) is 27.6. The molecule has 1 aromatic rings. The Bertz CT molecular complexity index is 1290. The van der Waals surface area contributed by atoms with E-state index < -0.39 is 65.3 Å². The molecule has 0 unspecified atom stereocenters. The van der Waals surface area contributed by atoms with E-state index in [1.54, 1.807) is 0 Å². The lowest BCUT2D eigenvalue weighted by molar-refractivity contribution is -0.770. The van der Waals surface area contributed by atoms with E-state index in [0.29, 0.717) is 0 Å². The minimum atomic E-state index is -4.30. The van der Waals surface area contributed by atoms with E-state index in [1.165, 1.54) is 11.8 Å². The summed E-state index contributed by atoms with van der Waals surface area (Å²) in [6, 6.07) is 1.96. The van der Waals surface area contributed by atoms with Crippen LogP contribution in [0.3, 0.4) is 0 Å². The van der Waals surface area contributed by atoms with E-state index in [0.717, 1.165) is 12.1 Å². The highest BCUT2D eigenvalue weighted by Gasteiger charge is 2.47. The molecule has 20 heteroatoms. The van der Waals surface area contributed by atoms with Crippen molar-refractivity contribution in [3.8, 4) is 0 Å². The van der Waals surface area contributed by atoms with Gasteiger partial charge in [-0.15, -0.1) is 20.2 Å².